The van der Waals surface area contributed by atoms with Gasteiger partial charge in [0, 0.05) is 0 Å². The van der Waals surface area contributed by atoms with E-state index in [1.165, 1.54) is 0 Å². The van der Waals surface area contributed by atoms with Crippen LogP contribution in [0.5, 0.6) is 0 Å². The second kappa shape index (κ2) is 6.17. The number of hydrogen-bond acceptors (Lipinski definition) is 6. The second-order valence-corrected chi connectivity index (χ2v) is 2.73. The summed E-state index contributed by atoms with van der Waals surface area (Å²) in [5, 5.41) is 16.6. The zero-order valence-corrected chi connectivity index (χ0v) is 7.70. The average Bonchev–Trinajstić information content (AvgIpc) is 1.81. The van der Waals surface area contributed by atoms with Crippen molar-refractivity contribution in [3.63, 3.8) is 0 Å². The molecule has 0 fully saturated rings. The molecule has 1 atom stereocenters. The maximum absolute atomic E-state index is 9.71. The largest absolute Gasteiger partial charge is 2.00 e. The molecule has 2 N–H and O–H groups in total. The molecule has 0 saturated carbocycles. The van der Waals surface area contributed by atoms with Crippen molar-refractivity contribution in [2.75, 3.05) is 13.2 Å². The van der Waals surface area contributed by atoms with E-state index in [2.05, 4.69) is 4.52 Å². The van der Waals surface area contributed by atoms with Gasteiger partial charge in [0.25, 0.3) is 0 Å². The molecule has 8 heteroatoms. The standard InChI is InChI=1S/C3H9O6P.V/c4-1-3(5)2-9-10(6,7)8;/h3-5H,1-2H2,(H2,6,7,8);/q;+2/p-2. The van der Waals surface area contributed by atoms with Crippen LogP contribution in [-0.4, -0.2) is 29.5 Å². The fourth-order valence-corrected chi connectivity index (χ4v) is 0.585. The minimum Gasteiger partial charge on any atom is -0.790 e. The average molecular weight is 221 g/mol. The zero-order chi connectivity index (χ0) is 8.20. The van der Waals surface area contributed by atoms with E-state index >= 15 is 0 Å². The van der Waals surface area contributed by atoms with E-state index in [-0.39, 0.29) is 18.6 Å². The van der Waals surface area contributed by atoms with Gasteiger partial charge in [-0.1, -0.05) is 0 Å². The first-order valence-corrected chi connectivity index (χ1v) is 3.87. The Morgan fingerprint density at radius 3 is 2.27 bits per heavy atom. The first-order valence-electron chi connectivity index (χ1n) is 2.41. The van der Waals surface area contributed by atoms with Crippen LogP contribution in [0, 0.1) is 0 Å². The molecule has 0 aromatic heterocycles. The summed E-state index contributed by atoms with van der Waals surface area (Å²) in [5.74, 6) is 0. The van der Waals surface area contributed by atoms with E-state index in [0.29, 0.717) is 0 Å². The third kappa shape index (κ3) is 10.6. The predicted octanol–water partition coefficient (Wildman–Crippen LogP) is -2.82. The number of aliphatic hydroxyl groups excluding tert-OH is 2. The predicted molar refractivity (Wildman–Crippen MR) is 26.7 cm³/mol. The number of hydrogen-bond donors (Lipinski definition) is 2. The molecule has 0 bridgehead atoms. The first-order chi connectivity index (χ1) is 4.45. The molecule has 0 saturated heterocycles. The summed E-state index contributed by atoms with van der Waals surface area (Å²) < 4.78 is 13.3. The summed E-state index contributed by atoms with van der Waals surface area (Å²) >= 11 is 0. The topological polar surface area (TPSA) is 113 Å². The quantitative estimate of drug-likeness (QED) is 0.495. The van der Waals surface area contributed by atoms with Crippen LogP contribution < -0.4 is 9.79 Å². The van der Waals surface area contributed by atoms with Crippen LogP contribution in [0.1, 0.15) is 0 Å². The van der Waals surface area contributed by atoms with E-state index in [0.717, 1.165) is 0 Å². The van der Waals surface area contributed by atoms with Gasteiger partial charge in [0.1, 0.15) is 6.10 Å². The summed E-state index contributed by atoms with van der Waals surface area (Å²) in [6, 6.07) is 0. The van der Waals surface area contributed by atoms with Gasteiger partial charge in [-0.2, -0.15) is 0 Å². The molecule has 0 aliphatic rings. The number of phosphoric ester groups is 1. The molecule has 0 aromatic carbocycles. The molecule has 0 spiro atoms. The fraction of sp³-hybridized carbons (Fsp3) is 1.00. The molecular weight excluding hydrogens is 214 g/mol. The molecule has 0 aliphatic carbocycles. The molecule has 11 heavy (non-hydrogen) atoms. The van der Waals surface area contributed by atoms with Gasteiger partial charge >= 0.3 is 18.6 Å². The second-order valence-electron chi connectivity index (χ2n) is 1.58. The number of aliphatic hydroxyl groups is 2. The van der Waals surface area contributed by atoms with Crippen LogP contribution in [0.4, 0.5) is 0 Å². The molecule has 6 nitrogen and oxygen atoms in total. The van der Waals surface area contributed by atoms with Gasteiger partial charge in [-0.15, -0.1) is 0 Å². The minimum atomic E-state index is -5.00. The Hall–Kier alpha value is 0.614. The van der Waals surface area contributed by atoms with Crippen LogP contribution in [-0.2, 0) is 27.6 Å². The fourth-order valence-electron chi connectivity index (χ4n) is 0.230. The molecule has 0 rings (SSSR count). The first kappa shape index (κ1) is 14.2. The maximum Gasteiger partial charge on any atom is 2.00 e. The van der Waals surface area contributed by atoms with E-state index < -0.39 is 27.1 Å². The maximum atomic E-state index is 9.71. The van der Waals surface area contributed by atoms with Crippen molar-refractivity contribution < 1.29 is 47.6 Å². The van der Waals surface area contributed by atoms with Crippen molar-refractivity contribution in [2.24, 2.45) is 0 Å². The zero-order valence-electron chi connectivity index (χ0n) is 5.41. The number of phosphoric acid groups is 1. The van der Waals surface area contributed by atoms with Gasteiger partial charge < -0.3 is 29.1 Å². The van der Waals surface area contributed by atoms with Gasteiger partial charge in [0.05, 0.1) is 21.0 Å². The Morgan fingerprint density at radius 1 is 1.55 bits per heavy atom. The van der Waals surface area contributed by atoms with Gasteiger partial charge in [-0.25, -0.2) is 0 Å². The molecule has 0 aliphatic heterocycles. The van der Waals surface area contributed by atoms with Crippen molar-refractivity contribution in [1.29, 1.82) is 0 Å². The smallest absolute Gasteiger partial charge is 0.790 e. The molecular formula is C3H7O6PV. The van der Waals surface area contributed by atoms with E-state index in [1.54, 1.807) is 0 Å². The summed E-state index contributed by atoms with van der Waals surface area (Å²) in [5.41, 5.74) is 0. The van der Waals surface area contributed by atoms with Crippen LogP contribution in [0.3, 0.4) is 0 Å². The third-order valence-electron chi connectivity index (χ3n) is 0.636. The van der Waals surface area contributed by atoms with Crippen molar-refractivity contribution >= 4 is 7.82 Å². The molecule has 0 heterocycles. The van der Waals surface area contributed by atoms with Gasteiger partial charge in [0.15, 0.2) is 0 Å². The normalized spacial score (nSPS) is 13.8. The Bertz CT molecular complexity index is 134. The molecule has 1 unspecified atom stereocenters. The molecule has 1 radical (unpaired) electrons. The van der Waals surface area contributed by atoms with Gasteiger partial charge in [-0.05, 0) is 0 Å². The molecule has 65 valence electrons. The van der Waals surface area contributed by atoms with Crippen molar-refractivity contribution in [3.8, 4) is 0 Å². The molecule has 0 aromatic rings. The van der Waals surface area contributed by atoms with Crippen LogP contribution in [0.2, 0.25) is 0 Å². The third-order valence-corrected chi connectivity index (χ3v) is 1.10. The van der Waals surface area contributed by atoms with Crippen molar-refractivity contribution in [2.45, 2.75) is 6.10 Å². The van der Waals surface area contributed by atoms with E-state index in [9.17, 15) is 14.4 Å². The molecule has 0 amide bonds. The van der Waals surface area contributed by atoms with Crippen LogP contribution >= 0.6 is 7.82 Å². The SMILES string of the molecule is O=P([O-])([O-])OCC(O)CO.[V+2]. The summed E-state index contributed by atoms with van der Waals surface area (Å²) in [4.78, 5) is 19.4. The van der Waals surface area contributed by atoms with E-state index in [4.69, 9.17) is 10.2 Å². The van der Waals surface area contributed by atoms with Gasteiger partial charge in [0.2, 0.25) is 0 Å². The Balaban J connectivity index is 0. The van der Waals surface area contributed by atoms with Crippen molar-refractivity contribution in [1.82, 2.24) is 0 Å². The van der Waals surface area contributed by atoms with Gasteiger partial charge in [-0.3, -0.25) is 0 Å². The number of rotatable bonds is 4. The minimum absolute atomic E-state index is 0. The van der Waals surface area contributed by atoms with Crippen LogP contribution in [0.25, 0.3) is 0 Å². The Morgan fingerprint density at radius 2 is 2.00 bits per heavy atom. The van der Waals surface area contributed by atoms with E-state index in [1.807, 2.05) is 0 Å². The van der Waals surface area contributed by atoms with Crippen LogP contribution in [0.15, 0.2) is 0 Å². The summed E-state index contributed by atoms with van der Waals surface area (Å²) in [7, 11) is -5.00. The van der Waals surface area contributed by atoms with Crippen molar-refractivity contribution in [3.05, 3.63) is 0 Å². The summed E-state index contributed by atoms with van der Waals surface area (Å²) in [6.07, 6.45) is -1.32. The Labute approximate surface area is 75.3 Å². The monoisotopic (exact) mass is 221 g/mol. The Kier molecular flexibility index (Phi) is 7.94. The summed E-state index contributed by atoms with van der Waals surface area (Å²) in [6.45, 7) is -1.33.